The maximum Gasteiger partial charge on any atom is 0.319 e. The molecule has 1 saturated heterocycles. The van der Waals surface area contributed by atoms with Crippen molar-refractivity contribution in [1.82, 2.24) is 5.32 Å². The van der Waals surface area contributed by atoms with Crippen LogP contribution in [0.2, 0.25) is 0 Å². The van der Waals surface area contributed by atoms with Crippen LogP contribution in [0.15, 0.2) is 0 Å². The van der Waals surface area contributed by atoms with Gasteiger partial charge in [0.15, 0.2) is 0 Å². The van der Waals surface area contributed by atoms with Gasteiger partial charge in [0, 0.05) is 11.8 Å². The third kappa shape index (κ3) is 3.45. The van der Waals surface area contributed by atoms with E-state index in [1.54, 1.807) is 0 Å². The van der Waals surface area contributed by atoms with Gasteiger partial charge < -0.3 is 10.1 Å². The van der Waals surface area contributed by atoms with Crippen molar-refractivity contribution in [3.05, 3.63) is 0 Å². The molecule has 0 saturated carbocycles. The van der Waals surface area contributed by atoms with E-state index < -0.39 is 0 Å². The smallest absolute Gasteiger partial charge is 0.319 e. The van der Waals surface area contributed by atoms with Gasteiger partial charge in [-0.25, -0.2) is 0 Å². The molecule has 1 aliphatic heterocycles. The molecule has 3 nitrogen and oxygen atoms in total. The molecule has 0 aromatic heterocycles. The lowest BCUT2D eigenvalue weighted by atomic mass is 10.2. The second kappa shape index (κ2) is 5.43. The summed E-state index contributed by atoms with van der Waals surface area (Å²) in [4.78, 5) is 10.8. The SMILES string of the molecule is COC(=O)CNC1CCCSC1. The molecule has 0 spiro atoms. The molecule has 12 heavy (non-hydrogen) atoms. The normalized spacial score (nSPS) is 23.6. The van der Waals surface area contributed by atoms with Crippen LogP contribution < -0.4 is 5.32 Å². The molecular weight excluding hydrogens is 174 g/mol. The maximum atomic E-state index is 10.8. The Bertz CT molecular complexity index is 146. The van der Waals surface area contributed by atoms with Crippen molar-refractivity contribution < 1.29 is 9.53 Å². The number of hydrogen-bond acceptors (Lipinski definition) is 4. The fraction of sp³-hybridized carbons (Fsp3) is 0.875. The summed E-state index contributed by atoms with van der Waals surface area (Å²) in [5.41, 5.74) is 0. The first kappa shape index (κ1) is 9.86. The lowest BCUT2D eigenvalue weighted by Crippen LogP contribution is -2.37. The van der Waals surface area contributed by atoms with E-state index in [2.05, 4.69) is 10.1 Å². The summed E-state index contributed by atoms with van der Waals surface area (Å²) in [7, 11) is 1.42. The second-order valence-electron chi connectivity index (χ2n) is 2.87. The molecule has 1 fully saturated rings. The third-order valence-corrected chi connectivity index (χ3v) is 3.14. The van der Waals surface area contributed by atoms with Crippen molar-refractivity contribution in [2.75, 3.05) is 25.2 Å². The zero-order valence-corrected chi connectivity index (χ0v) is 8.15. The molecule has 0 aliphatic carbocycles. The minimum absolute atomic E-state index is 0.175. The molecule has 1 atom stereocenters. The summed E-state index contributed by atoms with van der Waals surface area (Å²) in [6, 6.07) is 0.503. The average Bonchev–Trinajstić information content (AvgIpc) is 2.16. The van der Waals surface area contributed by atoms with E-state index in [1.807, 2.05) is 11.8 Å². The first-order valence-electron chi connectivity index (χ1n) is 4.21. The van der Waals surface area contributed by atoms with Crippen LogP contribution in [0.5, 0.6) is 0 Å². The van der Waals surface area contributed by atoms with E-state index in [9.17, 15) is 4.79 Å². The Labute approximate surface area is 77.2 Å². The molecule has 0 radical (unpaired) electrons. The Morgan fingerprint density at radius 1 is 1.75 bits per heavy atom. The summed E-state index contributed by atoms with van der Waals surface area (Å²) in [6.07, 6.45) is 2.44. The average molecular weight is 189 g/mol. The Balaban J connectivity index is 2.09. The highest BCUT2D eigenvalue weighted by Crippen LogP contribution is 2.16. The first-order valence-corrected chi connectivity index (χ1v) is 5.36. The molecule has 4 heteroatoms. The Morgan fingerprint density at radius 3 is 3.17 bits per heavy atom. The van der Waals surface area contributed by atoms with E-state index in [0.717, 1.165) is 5.75 Å². The molecule has 0 bridgehead atoms. The van der Waals surface area contributed by atoms with Crippen LogP contribution >= 0.6 is 11.8 Å². The molecule has 1 heterocycles. The topological polar surface area (TPSA) is 38.3 Å². The summed E-state index contributed by atoms with van der Waals surface area (Å²) in [5, 5.41) is 3.18. The van der Waals surface area contributed by atoms with Gasteiger partial charge in [0.2, 0.25) is 0 Å². The Hall–Kier alpha value is -0.220. The number of rotatable bonds is 3. The van der Waals surface area contributed by atoms with Gasteiger partial charge in [0.25, 0.3) is 0 Å². The van der Waals surface area contributed by atoms with E-state index in [4.69, 9.17) is 0 Å². The Morgan fingerprint density at radius 2 is 2.58 bits per heavy atom. The van der Waals surface area contributed by atoms with Crippen LogP contribution in [-0.4, -0.2) is 37.2 Å². The quantitative estimate of drug-likeness (QED) is 0.661. The van der Waals surface area contributed by atoms with Gasteiger partial charge in [-0.1, -0.05) is 0 Å². The number of hydrogen-bond donors (Lipinski definition) is 1. The number of ether oxygens (including phenoxy) is 1. The van der Waals surface area contributed by atoms with Crippen molar-refractivity contribution in [3.8, 4) is 0 Å². The molecule has 0 aromatic rings. The van der Waals surface area contributed by atoms with Gasteiger partial charge in [-0.15, -0.1) is 0 Å². The zero-order valence-electron chi connectivity index (χ0n) is 7.34. The molecule has 0 amide bonds. The van der Waals surface area contributed by atoms with E-state index in [-0.39, 0.29) is 5.97 Å². The van der Waals surface area contributed by atoms with Crippen LogP contribution in [-0.2, 0) is 9.53 Å². The summed E-state index contributed by atoms with van der Waals surface area (Å²) < 4.78 is 4.53. The Kier molecular flexibility index (Phi) is 4.46. The van der Waals surface area contributed by atoms with Crippen LogP contribution in [0, 0.1) is 0 Å². The minimum Gasteiger partial charge on any atom is -0.468 e. The largest absolute Gasteiger partial charge is 0.468 e. The zero-order chi connectivity index (χ0) is 8.81. The van der Waals surface area contributed by atoms with E-state index >= 15 is 0 Å². The van der Waals surface area contributed by atoms with Gasteiger partial charge in [0.05, 0.1) is 13.7 Å². The van der Waals surface area contributed by atoms with Crippen LogP contribution in [0.4, 0.5) is 0 Å². The van der Waals surface area contributed by atoms with Crippen molar-refractivity contribution in [3.63, 3.8) is 0 Å². The van der Waals surface area contributed by atoms with Crippen molar-refractivity contribution >= 4 is 17.7 Å². The van der Waals surface area contributed by atoms with Crippen molar-refractivity contribution in [2.45, 2.75) is 18.9 Å². The predicted octanol–water partition coefficient (Wildman–Crippen LogP) is 0.645. The van der Waals surface area contributed by atoms with E-state index in [0.29, 0.717) is 12.6 Å². The minimum atomic E-state index is -0.175. The highest BCUT2D eigenvalue weighted by molar-refractivity contribution is 7.99. The molecule has 1 aliphatic rings. The number of nitrogens with one attached hydrogen (secondary N) is 1. The summed E-state index contributed by atoms with van der Waals surface area (Å²) in [5.74, 6) is 2.21. The summed E-state index contributed by atoms with van der Waals surface area (Å²) >= 11 is 1.95. The standard InChI is InChI=1S/C8H15NO2S/c1-11-8(10)5-9-7-3-2-4-12-6-7/h7,9H,2-6H2,1H3. The van der Waals surface area contributed by atoms with Crippen LogP contribution in [0.1, 0.15) is 12.8 Å². The molecule has 1 rings (SSSR count). The highest BCUT2D eigenvalue weighted by atomic mass is 32.2. The molecule has 1 unspecified atom stereocenters. The lowest BCUT2D eigenvalue weighted by molar-refractivity contribution is -0.139. The lowest BCUT2D eigenvalue weighted by Gasteiger charge is -2.21. The molecule has 70 valence electrons. The second-order valence-corrected chi connectivity index (χ2v) is 4.02. The van der Waals surface area contributed by atoms with Crippen LogP contribution in [0.25, 0.3) is 0 Å². The van der Waals surface area contributed by atoms with Gasteiger partial charge in [-0.05, 0) is 18.6 Å². The highest BCUT2D eigenvalue weighted by Gasteiger charge is 2.13. The number of thioether (sulfide) groups is 1. The molecule has 0 aromatic carbocycles. The summed E-state index contributed by atoms with van der Waals surface area (Å²) in [6.45, 7) is 0.349. The number of methoxy groups -OCH3 is 1. The van der Waals surface area contributed by atoms with Gasteiger partial charge >= 0.3 is 5.97 Å². The maximum absolute atomic E-state index is 10.8. The monoisotopic (exact) mass is 189 g/mol. The van der Waals surface area contributed by atoms with Gasteiger partial charge in [0.1, 0.15) is 0 Å². The van der Waals surface area contributed by atoms with Gasteiger partial charge in [-0.3, -0.25) is 4.79 Å². The number of carbonyl (C=O) groups excluding carboxylic acids is 1. The van der Waals surface area contributed by atoms with Crippen molar-refractivity contribution in [1.29, 1.82) is 0 Å². The third-order valence-electron chi connectivity index (χ3n) is 1.92. The fourth-order valence-electron chi connectivity index (χ4n) is 1.20. The first-order chi connectivity index (χ1) is 5.83. The molecule has 1 N–H and O–H groups in total. The fourth-order valence-corrected chi connectivity index (χ4v) is 2.31. The van der Waals surface area contributed by atoms with Crippen molar-refractivity contribution in [2.24, 2.45) is 0 Å². The van der Waals surface area contributed by atoms with Crippen LogP contribution in [0.3, 0.4) is 0 Å². The number of esters is 1. The predicted molar refractivity (Wildman–Crippen MR) is 50.4 cm³/mol. The number of carbonyl (C=O) groups is 1. The molecular formula is C8H15NO2S. The van der Waals surface area contributed by atoms with Gasteiger partial charge in [-0.2, -0.15) is 11.8 Å². The van der Waals surface area contributed by atoms with E-state index in [1.165, 1.54) is 25.7 Å².